The highest BCUT2D eigenvalue weighted by Gasteiger charge is 2.02. The van der Waals surface area contributed by atoms with Gasteiger partial charge in [-0.25, -0.2) is 4.79 Å². The van der Waals surface area contributed by atoms with Crippen LogP contribution in [0.15, 0.2) is 24.3 Å². The van der Waals surface area contributed by atoms with Gasteiger partial charge in [0, 0.05) is 12.2 Å². The number of nitrogens with one attached hydrogen (secondary N) is 2. The van der Waals surface area contributed by atoms with Gasteiger partial charge in [-0.2, -0.15) is 0 Å². The van der Waals surface area contributed by atoms with Crippen LogP contribution in [0.5, 0.6) is 0 Å². The zero-order valence-electron chi connectivity index (χ0n) is 8.95. The summed E-state index contributed by atoms with van der Waals surface area (Å²) in [6, 6.07) is 7.20. The van der Waals surface area contributed by atoms with E-state index in [0.29, 0.717) is 0 Å². The highest BCUT2D eigenvalue weighted by atomic mass is 16.3. The van der Waals surface area contributed by atoms with Crippen LogP contribution in [0.1, 0.15) is 12.5 Å². The van der Waals surface area contributed by atoms with Crippen molar-refractivity contribution >= 4 is 11.7 Å². The first-order valence-corrected chi connectivity index (χ1v) is 4.87. The molecular formula is C11H16N2O2. The van der Waals surface area contributed by atoms with Crippen LogP contribution in [0.3, 0.4) is 0 Å². The normalized spacial score (nSPS) is 11.9. The number of aliphatic hydroxyl groups is 1. The van der Waals surface area contributed by atoms with Gasteiger partial charge in [-0.15, -0.1) is 0 Å². The van der Waals surface area contributed by atoms with Crippen LogP contribution in [0, 0.1) is 6.92 Å². The largest absolute Gasteiger partial charge is 0.392 e. The third kappa shape index (κ3) is 4.46. The van der Waals surface area contributed by atoms with Crippen molar-refractivity contribution in [2.24, 2.45) is 0 Å². The first kappa shape index (κ1) is 11.5. The average molecular weight is 208 g/mol. The Morgan fingerprint density at radius 2 is 2.00 bits per heavy atom. The van der Waals surface area contributed by atoms with Gasteiger partial charge in [0.15, 0.2) is 0 Å². The number of rotatable bonds is 3. The van der Waals surface area contributed by atoms with E-state index >= 15 is 0 Å². The monoisotopic (exact) mass is 208 g/mol. The highest BCUT2D eigenvalue weighted by molar-refractivity contribution is 5.89. The number of hydrogen-bond donors (Lipinski definition) is 3. The minimum absolute atomic E-state index is 0.248. The number of aryl methyl sites for hydroxylation is 1. The van der Waals surface area contributed by atoms with E-state index in [-0.39, 0.29) is 12.6 Å². The lowest BCUT2D eigenvalue weighted by molar-refractivity contribution is 0.190. The Hall–Kier alpha value is -1.55. The molecule has 0 aliphatic rings. The van der Waals surface area contributed by atoms with Crippen LogP contribution in [0.25, 0.3) is 0 Å². The van der Waals surface area contributed by atoms with Gasteiger partial charge < -0.3 is 15.7 Å². The lowest BCUT2D eigenvalue weighted by Crippen LogP contribution is -2.34. The van der Waals surface area contributed by atoms with Crippen molar-refractivity contribution in [3.8, 4) is 0 Å². The second kappa shape index (κ2) is 5.36. The number of benzene rings is 1. The maximum absolute atomic E-state index is 11.3. The summed E-state index contributed by atoms with van der Waals surface area (Å²) in [6.07, 6.45) is -0.534. The molecule has 0 unspecified atom stereocenters. The number of carbonyl (C=O) groups excluding carboxylic acids is 1. The standard InChI is InChI=1S/C11H16N2O2/c1-8-3-5-10(6-4-8)13-11(15)12-7-9(2)14/h3-6,9,14H,7H2,1-2H3,(H2,12,13,15)/t9-/m1/s1. The SMILES string of the molecule is Cc1ccc(NC(=O)NC[C@@H](C)O)cc1. The summed E-state index contributed by atoms with van der Waals surface area (Å²) < 4.78 is 0. The van der Waals surface area contributed by atoms with Crippen LogP contribution in [-0.2, 0) is 0 Å². The number of urea groups is 1. The summed E-state index contributed by atoms with van der Waals surface area (Å²) in [5.74, 6) is 0. The summed E-state index contributed by atoms with van der Waals surface area (Å²) in [7, 11) is 0. The fourth-order valence-electron chi connectivity index (χ4n) is 1.05. The first-order valence-electron chi connectivity index (χ1n) is 4.87. The number of hydrogen-bond acceptors (Lipinski definition) is 2. The Bertz CT molecular complexity index is 320. The minimum atomic E-state index is -0.534. The molecule has 0 aromatic heterocycles. The smallest absolute Gasteiger partial charge is 0.319 e. The molecule has 1 aromatic carbocycles. The second-order valence-corrected chi connectivity index (χ2v) is 3.55. The Morgan fingerprint density at radius 1 is 1.40 bits per heavy atom. The third-order valence-corrected chi connectivity index (χ3v) is 1.87. The van der Waals surface area contributed by atoms with E-state index in [9.17, 15) is 4.79 Å². The van der Waals surface area contributed by atoms with E-state index in [1.54, 1.807) is 6.92 Å². The molecule has 4 heteroatoms. The van der Waals surface area contributed by atoms with E-state index in [1.807, 2.05) is 31.2 Å². The minimum Gasteiger partial charge on any atom is -0.392 e. The Balaban J connectivity index is 2.41. The molecule has 0 saturated heterocycles. The number of aliphatic hydroxyl groups excluding tert-OH is 1. The summed E-state index contributed by atoms with van der Waals surface area (Å²) in [5.41, 5.74) is 1.88. The molecule has 0 heterocycles. The van der Waals surface area contributed by atoms with Crippen molar-refractivity contribution in [2.45, 2.75) is 20.0 Å². The number of anilines is 1. The van der Waals surface area contributed by atoms with Gasteiger partial charge in [-0.05, 0) is 26.0 Å². The summed E-state index contributed by atoms with van der Waals surface area (Å²) in [6.45, 7) is 3.85. The van der Waals surface area contributed by atoms with Gasteiger partial charge in [0.05, 0.1) is 6.10 Å². The van der Waals surface area contributed by atoms with Crippen molar-refractivity contribution in [1.82, 2.24) is 5.32 Å². The summed E-state index contributed by atoms with van der Waals surface area (Å²) >= 11 is 0. The molecule has 0 spiro atoms. The van der Waals surface area contributed by atoms with Crippen molar-refractivity contribution in [3.63, 3.8) is 0 Å². The molecule has 82 valence electrons. The van der Waals surface area contributed by atoms with Crippen molar-refractivity contribution in [3.05, 3.63) is 29.8 Å². The predicted molar refractivity (Wildman–Crippen MR) is 59.9 cm³/mol. The maximum atomic E-state index is 11.3. The third-order valence-electron chi connectivity index (χ3n) is 1.87. The van der Waals surface area contributed by atoms with Gasteiger partial charge >= 0.3 is 6.03 Å². The molecule has 0 aliphatic carbocycles. The van der Waals surface area contributed by atoms with E-state index < -0.39 is 6.10 Å². The number of amides is 2. The molecule has 2 amide bonds. The van der Waals surface area contributed by atoms with Crippen LogP contribution in [0.4, 0.5) is 10.5 Å². The Labute approximate surface area is 89.3 Å². The van der Waals surface area contributed by atoms with Crippen LogP contribution in [-0.4, -0.2) is 23.8 Å². The molecule has 0 saturated carbocycles. The highest BCUT2D eigenvalue weighted by Crippen LogP contribution is 2.07. The molecule has 0 aliphatic heterocycles. The van der Waals surface area contributed by atoms with Gasteiger partial charge in [-0.3, -0.25) is 0 Å². The van der Waals surface area contributed by atoms with Gasteiger partial charge in [0.25, 0.3) is 0 Å². The topological polar surface area (TPSA) is 61.4 Å². The first-order chi connectivity index (χ1) is 7.08. The lowest BCUT2D eigenvalue weighted by Gasteiger charge is -2.08. The van der Waals surface area contributed by atoms with Crippen LogP contribution < -0.4 is 10.6 Å². The molecule has 1 aromatic rings. The van der Waals surface area contributed by atoms with Crippen molar-refractivity contribution in [2.75, 3.05) is 11.9 Å². The van der Waals surface area contributed by atoms with Gasteiger partial charge in [0.1, 0.15) is 0 Å². The molecule has 4 nitrogen and oxygen atoms in total. The Morgan fingerprint density at radius 3 is 2.53 bits per heavy atom. The molecule has 0 bridgehead atoms. The van der Waals surface area contributed by atoms with Gasteiger partial charge in [-0.1, -0.05) is 17.7 Å². The number of carbonyl (C=O) groups is 1. The molecule has 15 heavy (non-hydrogen) atoms. The predicted octanol–water partition coefficient (Wildman–Crippen LogP) is 1.50. The fourth-order valence-corrected chi connectivity index (χ4v) is 1.05. The summed E-state index contributed by atoms with van der Waals surface area (Å²) in [4.78, 5) is 11.3. The molecule has 1 atom stereocenters. The van der Waals surface area contributed by atoms with E-state index in [0.717, 1.165) is 11.3 Å². The zero-order valence-corrected chi connectivity index (χ0v) is 8.95. The molecule has 0 radical (unpaired) electrons. The average Bonchev–Trinajstić information content (AvgIpc) is 2.19. The lowest BCUT2D eigenvalue weighted by atomic mass is 10.2. The van der Waals surface area contributed by atoms with Crippen LogP contribution >= 0.6 is 0 Å². The second-order valence-electron chi connectivity index (χ2n) is 3.55. The Kier molecular flexibility index (Phi) is 4.12. The van der Waals surface area contributed by atoms with Crippen molar-refractivity contribution < 1.29 is 9.90 Å². The van der Waals surface area contributed by atoms with E-state index in [2.05, 4.69) is 10.6 Å². The maximum Gasteiger partial charge on any atom is 0.319 e. The van der Waals surface area contributed by atoms with E-state index in [1.165, 1.54) is 0 Å². The fraction of sp³-hybridized carbons (Fsp3) is 0.364. The quantitative estimate of drug-likeness (QED) is 0.705. The van der Waals surface area contributed by atoms with E-state index in [4.69, 9.17) is 5.11 Å². The summed E-state index contributed by atoms with van der Waals surface area (Å²) in [5, 5.41) is 14.2. The van der Waals surface area contributed by atoms with Gasteiger partial charge in [0.2, 0.25) is 0 Å². The van der Waals surface area contributed by atoms with Crippen molar-refractivity contribution in [1.29, 1.82) is 0 Å². The molecule has 1 rings (SSSR count). The zero-order chi connectivity index (χ0) is 11.3. The molecular weight excluding hydrogens is 192 g/mol. The molecule has 0 fully saturated rings. The van der Waals surface area contributed by atoms with Crippen LogP contribution in [0.2, 0.25) is 0 Å². The molecule has 3 N–H and O–H groups in total.